The second-order valence-corrected chi connectivity index (χ2v) is 6.14. The van der Waals surface area contributed by atoms with Crippen molar-refractivity contribution < 1.29 is 9.21 Å². The largest absolute Gasteiger partial charge is 0.441 e. The molecule has 4 heteroatoms. The van der Waals surface area contributed by atoms with Crippen LogP contribution < -0.4 is 5.32 Å². The summed E-state index contributed by atoms with van der Waals surface area (Å²) in [7, 11) is 0. The lowest BCUT2D eigenvalue weighted by Crippen LogP contribution is -2.36. The van der Waals surface area contributed by atoms with E-state index in [2.05, 4.69) is 10.3 Å². The molecule has 21 heavy (non-hydrogen) atoms. The fraction of sp³-hybridized carbons (Fsp3) is 0.412. The van der Waals surface area contributed by atoms with E-state index in [1.807, 2.05) is 58.0 Å². The molecule has 0 atom stereocenters. The highest BCUT2D eigenvalue weighted by Crippen LogP contribution is 2.21. The SMILES string of the molecule is Cc1oc(-c2ccccc2)nc1CCNC(=O)C(C)(C)C. The predicted octanol–water partition coefficient (Wildman–Crippen LogP) is 3.35. The molecule has 0 aliphatic heterocycles. The standard InChI is InChI=1S/C17H22N2O2/c1-12-14(10-11-18-16(20)17(2,3)4)19-15(21-12)13-8-6-5-7-9-13/h5-9H,10-11H2,1-4H3,(H,18,20). The van der Waals surface area contributed by atoms with Gasteiger partial charge in [0.05, 0.1) is 5.69 Å². The molecule has 0 unspecified atom stereocenters. The second-order valence-electron chi connectivity index (χ2n) is 6.14. The van der Waals surface area contributed by atoms with Crippen molar-refractivity contribution in [1.82, 2.24) is 10.3 Å². The zero-order chi connectivity index (χ0) is 15.5. The van der Waals surface area contributed by atoms with Crippen molar-refractivity contribution in [3.8, 4) is 11.5 Å². The fourth-order valence-corrected chi connectivity index (χ4v) is 1.92. The van der Waals surface area contributed by atoms with Gasteiger partial charge < -0.3 is 9.73 Å². The third-order valence-electron chi connectivity index (χ3n) is 3.24. The van der Waals surface area contributed by atoms with Gasteiger partial charge in [-0.3, -0.25) is 4.79 Å². The summed E-state index contributed by atoms with van der Waals surface area (Å²) in [4.78, 5) is 16.3. The van der Waals surface area contributed by atoms with Crippen LogP contribution in [-0.4, -0.2) is 17.4 Å². The van der Waals surface area contributed by atoms with Gasteiger partial charge in [-0.2, -0.15) is 0 Å². The van der Waals surface area contributed by atoms with E-state index in [0.717, 1.165) is 17.0 Å². The number of aryl methyl sites for hydroxylation is 1. The summed E-state index contributed by atoms with van der Waals surface area (Å²) in [6, 6.07) is 9.81. The van der Waals surface area contributed by atoms with Crippen LogP contribution in [-0.2, 0) is 11.2 Å². The van der Waals surface area contributed by atoms with Crippen molar-refractivity contribution in [3.05, 3.63) is 41.8 Å². The summed E-state index contributed by atoms with van der Waals surface area (Å²) in [6.07, 6.45) is 0.671. The Hall–Kier alpha value is -2.10. The van der Waals surface area contributed by atoms with Gasteiger partial charge in [0.2, 0.25) is 11.8 Å². The third-order valence-corrected chi connectivity index (χ3v) is 3.24. The lowest BCUT2D eigenvalue weighted by molar-refractivity contribution is -0.128. The van der Waals surface area contributed by atoms with Gasteiger partial charge in [0.1, 0.15) is 5.76 Å². The van der Waals surface area contributed by atoms with Gasteiger partial charge in [0.15, 0.2) is 0 Å². The van der Waals surface area contributed by atoms with Crippen molar-refractivity contribution in [1.29, 1.82) is 0 Å². The number of rotatable bonds is 4. The molecule has 0 saturated heterocycles. The number of carbonyl (C=O) groups is 1. The van der Waals surface area contributed by atoms with Crippen molar-refractivity contribution in [2.75, 3.05) is 6.54 Å². The molecule has 1 amide bonds. The molecule has 0 aliphatic carbocycles. The van der Waals surface area contributed by atoms with Gasteiger partial charge >= 0.3 is 0 Å². The van der Waals surface area contributed by atoms with Crippen molar-refractivity contribution in [3.63, 3.8) is 0 Å². The average molecular weight is 286 g/mol. The van der Waals surface area contributed by atoms with Crippen LogP contribution in [0.4, 0.5) is 0 Å². The van der Waals surface area contributed by atoms with Crippen LogP contribution in [0.15, 0.2) is 34.7 Å². The number of carbonyl (C=O) groups excluding carboxylic acids is 1. The Morgan fingerprint density at radius 3 is 2.52 bits per heavy atom. The Morgan fingerprint density at radius 1 is 1.24 bits per heavy atom. The molecule has 1 heterocycles. The molecule has 0 radical (unpaired) electrons. The van der Waals surface area contributed by atoms with Crippen LogP contribution in [0.3, 0.4) is 0 Å². The zero-order valence-electron chi connectivity index (χ0n) is 13.1. The molecule has 2 rings (SSSR count). The van der Waals surface area contributed by atoms with Crippen molar-refractivity contribution in [2.24, 2.45) is 5.41 Å². The van der Waals surface area contributed by atoms with Crippen LogP contribution >= 0.6 is 0 Å². The monoisotopic (exact) mass is 286 g/mol. The highest BCUT2D eigenvalue weighted by molar-refractivity contribution is 5.81. The maximum Gasteiger partial charge on any atom is 0.226 e. The number of hydrogen-bond donors (Lipinski definition) is 1. The van der Waals surface area contributed by atoms with E-state index in [1.165, 1.54) is 0 Å². The summed E-state index contributed by atoms with van der Waals surface area (Å²) in [5, 5.41) is 2.93. The molecule has 1 aromatic heterocycles. The maximum absolute atomic E-state index is 11.8. The predicted molar refractivity (Wildman–Crippen MR) is 82.8 cm³/mol. The first kappa shape index (κ1) is 15.3. The highest BCUT2D eigenvalue weighted by Gasteiger charge is 2.20. The Labute approximate surface area is 125 Å². The smallest absolute Gasteiger partial charge is 0.226 e. The van der Waals surface area contributed by atoms with Crippen LogP contribution in [0.5, 0.6) is 0 Å². The summed E-state index contributed by atoms with van der Waals surface area (Å²) < 4.78 is 5.70. The normalized spacial score (nSPS) is 11.4. The molecule has 0 bridgehead atoms. The molecule has 112 valence electrons. The van der Waals surface area contributed by atoms with E-state index in [9.17, 15) is 4.79 Å². The zero-order valence-corrected chi connectivity index (χ0v) is 13.1. The first-order valence-electron chi connectivity index (χ1n) is 7.18. The summed E-state index contributed by atoms with van der Waals surface area (Å²) in [5.41, 5.74) is 1.49. The molecule has 0 saturated carbocycles. The molecule has 0 fully saturated rings. The Balaban J connectivity index is 1.99. The van der Waals surface area contributed by atoms with Crippen LogP contribution in [0.2, 0.25) is 0 Å². The van der Waals surface area contributed by atoms with Gasteiger partial charge in [0.25, 0.3) is 0 Å². The van der Waals surface area contributed by atoms with E-state index in [4.69, 9.17) is 4.42 Å². The van der Waals surface area contributed by atoms with Crippen LogP contribution in [0.25, 0.3) is 11.5 Å². The highest BCUT2D eigenvalue weighted by atomic mass is 16.4. The quantitative estimate of drug-likeness (QED) is 0.937. The Bertz CT molecular complexity index is 609. The van der Waals surface area contributed by atoms with Gasteiger partial charge in [-0.15, -0.1) is 0 Å². The molecule has 1 aromatic carbocycles. The van der Waals surface area contributed by atoms with Crippen molar-refractivity contribution >= 4 is 5.91 Å². The van der Waals surface area contributed by atoms with Crippen molar-refractivity contribution in [2.45, 2.75) is 34.1 Å². The molecule has 2 aromatic rings. The molecular formula is C17H22N2O2. The number of nitrogens with zero attached hydrogens (tertiary/aromatic N) is 1. The van der Waals surface area contributed by atoms with E-state index in [1.54, 1.807) is 0 Å². The Morgan fingerprint density at radius 2 is 1.90 bits per heavy atom. The number of amides is 1. The van der Waals surface area contributed by atoms with Crippen LogP contribution in [0.1, 0.15) is 32.2 Å². The summed E-state index contributed by atoms with van der Waals surface area (Å²) >= 11 is 0. The number of aromatic nitrogens is 1. The number of benzene rings is 1. The number of oxazole rings is 1. The van der Waals surface area contributed by atoms with Gasteiger partial charge in [-0.25, -0.2) is 4.98 Å². The minimum Gasteiger partial charge on any atom is -0.441 e. The first-order chi connectivity index (χ1) is 9.88. The summed E-state index contributed by atoms with van der Waals surface area (Å²) in [6.45, 7) is 8.17. The lowest BCUT2D eigenvalue weighted by atomic mass is 9.96. The molecule has 1 N–H and O–H groups in total. The van der Waals surface area contributed by atoms with E-state index in [0.29, 0.717) is 18.9 Å². The van der Waals surface area contributed by atoms with E-state index in [-0.39, 0.29) is 11.3 Å². The fourth-order valence-electron chi connectivity index (χ4n) is 1.92. The molecule has 4 nitrogen and oxygen atoms in total. The molecule has 0 aliphatic rings. The van der Waals surface area contributed by atoms with E-state index < -0.39 is 0 Å². The van der Waals surface area contributed by atoms with Crippen LogP contribution in [0, 0.1) is 12.3 Å². The summed E-state index contributed by atoms with van der Waals surface area (Å²) in [5.74, 6) is 1.48. The average Bonchev–Trinajstić information content (AvgIpc) is 2.80. The van der Waals surface area contributed by atoms with Gasteiger partial charge in [-0.05, 0) is 19.1 Å². The lowest BCUT2D eigenvalue weighted by Gasteiger charge is -2.17. The minimum atomic E-state index is -0.367. The van der Waals surface area contributed by atoms with Gasteiger partial charge in [0, 0.05) is 23.9 Å². The Kier molecular flexibility index (Phi) is 4.46. The second kappa shape index (κ2) is 6.12. The number of hydrogen-bond acceptors (Lipinski definition) is 3. The topological polar surface area (TPSA) is 55.1 Å². The maximum atomic E-state index is 11.8. The minimum absolute atomic E-state index is 0.0481. The first-order valence-corrected chi connectivity index (χ1v) is 7.18. The molecule has 0 spiro atoms. The number of nitrogens with one attached hydrogen (secondary N) is 1. The van der Waals surface area contributed by atoms with Gasteiger partial charge in [-0.1, -0.05) is 39.0 Å². The van der Waals surface area contributed by atoms with E-state index >= 15 is 0 Å². The third kappa shape index (κ3) is 3.94. The molecular weight excluding hydrogens is 264 g/mol.